The molecule has 1 aromatic carbocycles. The van der Waals surface area contributed by atoms with Gasteiger partial charge < -0.3 is 5.32 Å². The summed E-state index contributed by atoms with van der Waals surface area (Å²) in [5.74, 6) is 0.453. The van der Waals surface area contributed by atoms with E-state index in [-0.39, 0.29) is 18.4 Å². The predicted octanol–water partition coefficient (Wildman–Crippen LogP) is 2.51. The molecule has 0 fully saturated rings. The zero-order valence-corrected chi connectivity index (χ0v) is 14.1. The van der Waals surface area contributed by atoms with Crippen molar-refractivity contribution in [2.24, 2.45) is 0 Å². The molecule has 0 heterocycles. The fourth-order valence-corrected chi connectivity index (χ4v) is 2.76. The van der Waals surface area contributed by atoms with Gasteiger partial charge in [-0.15, -0.1) is 12.4 Å². The Balaban J connectivity index is 0.00000361. The summed E-state index contributed by atoms with van der Waals surface area (Å²) >= 11 is 0. The normalized spacial score (nSPS) is 14.4. The molecule has 116 valence electrons. The fraction of sp³-hybridized carbons (Fsp3) is 0.571. The average molecular weight is 321 g/mol. The van der Waals surface area contributed by atoms with E-state index >= 15 is 0 Å². The molecule has 0 spiro atoms. The summed E-state index contributed by atoms with van der Waals surface area (Å²) in [5.41, 5.74) is 1.17. The number of likely N-dealkylation sites (N-methyl/N-ethyl adjacent to an activating group) is 1. The van der Waals surface area contributed by atoms with E-state index in [2.05, 4.69) is 23.9 Å². The number of halogens is 1. The average Bonchev–Trinajstić information content (AvgIpc) is 2.44. The van der Waals surface area contributed by atoms with Crippen LogP contribution < -0.4 is 10.0 Å². The van der Waals surface area contributed by atoms with Gasteiger partial charge in [0.05, 0.1) is 4.90 Å². The van der Waals surface area contributed by atoms with Crippen molar-refractivity contribution in [2.45, 2.75) is 44.0 Å². The Bertz CT molecular complexity index is 488. The smallest absolute Gasteiger partial charge is 0.240 e. The van der Waals surface area contributed by atoms with E-state index in [0.29, 0.717) is 17.4 Å². The maximum Gasteiger partial charge on any atom is 0.240 e. The van der Waals surface area contributed by atoms with Crippen molar-refractivity contribution in [1.82, 2.24) is 10.0 Å². The number of hydrogen-bond acceptors (Lipinski definition) is 3. The second kappa shape index (κ2) is 8.62. The molecule has 20 heavy (non-hydrogen) atoms. The molecule has 4 nitrogen and oxygen atoms in total. The van der Waals surface area contributed by atoms with E-state index in [0.717, 1.165) is 6.42 Å². The molecule has 2 N–H and O–H groups in total. The maximum absolute atomic E-state index is 12.1. The molecule has 0 saturated heterocycles. The van der Waals surface area contributed by atoms with Crippen LogP contribution in [0.4, 0.5) is 0 Å². The Morgan fingerprint density at radius 2 is 1.70 bits per heavy atom. The van der Waals surface area contributed by atoms with Gasteiger partial charge in [0.25, 0.3) is 0 Å². The first kappa shape index (κ1) is 19.4. The van der Waals surface area contributed by atoms with Crippen molar-refractivity contribution in [1.29, 1.82) is 0 Å². The van der Waals surface area contributed by atoms with E-state index < -0.39 is 10.0 Å². The van der Waals surface area contributed by atoms with Gasteiger partial charge in [-0.1, -0.05) is 26.0 Å². The van der Waals surface area contributed by atoms with Crippen LogP contribution in [0.1, 0.15) is 38.7 Å². The topological polar surface area (TPSA) is 58.2 Å². The zero-order valence-electron chi connectivity index (χ0n) is 12.5. The highest BCUT2D eigenvalue weighted by Crippen LogP contribution is 2.20. The molecule has 2 unspecified atom stereocenters. The molecular formula is C14H25ClN2O2S. The number of rotatable bonds is 7. The van der Waals surface area contributed by atoms with E-state index in [9.17, 15) is 8.42 Å². The van der Waals surface area contributed by atoms with Gasteiger partial charge in [0.2, 0.25) is 10.0 Å². The van der Waals surface area contributed by atoms with Crippen LogP contribution in [0, 0.1) is 0 Å². The van der Waals surface area contributed by atoms with Gasteiger partial charge in [0, 0.05) is 12.6 Å². The Kier molecular flexibility index (Phi) is 8.35. The van der Waals surface area contributed by atoms with Crippen molar-refractivity contribution < 1.29 is 8.42 Å². The Morgan fingerprint density at radius 3 is 2.15 bits per heavy atom. The van der Waals surface area contributed by atoms with Gasteiger partial charge in [-0.2, -0.15) is 0 Å². The third-order valence-corrected chi connectivity index (χ3v) is 4.88. The summed E-state index contributed by atoms with van der Waals surface area (Å²) in [7, 11) is -1.60. The van der Waals surface area contributed by atoms with Crippen molar-refractivity contribution in [3.8, 4) is 0 Å². The molecule has 1 rings (SSSR count). The summed E-state index contributed by atoms with van der Waals surface area (Å²) in [4.78, 5) is 0.322. The first-order valence-electron chi connectivity index (χ1n) is 6.67. The predicted molar refractivity (Wildman–Crippen MR) is 86.1 cm³/mol. The number of nitrogens with one attached hydrogen (secondary N) is 2. The van der Waals surface area contributed by atoms with Crippen molar-refractivity contribution >= 4 is 22.4 Å². The second-order valence-corrected chi connectivity index (χ2v) is 6.69. The highest BCUT2D eigenvalue weighted by Gasteiger charge is 2.15. The Hall–Kier alpha value is -0.620. The first-order chi connectivity index (χ1) is 8.90. The van der Waals surface area contributed by atoms with Crippen LogP contribution in [-0.4, -0.2) is 28.1 Å². The summed E-state index contributed by atoms with van der Waals surface area (Å²) in [6.07, 6.45) is 1.05. The quantitative estimate of drug-likeness (QED) is 0.811. The third kappa shape index (κ3) is 5.40. The summed E-state index contributed by atoms with van der Waals surface area (Å²) < 4.78 is 26.7. The van der Waals surface area contributed by atoms with Crippen LogP contribution in [0.25, 0.3) is 0 Å². The van der Waals surface area contributed by atoms with E-state index in [1.807, 2.05) is 19.1 Å². The van der Waals surface area contributed by atoms with Crippen LogP contribution >= 0.6 is 12.4 Å². The standard InChI is InChI=1S/C14H24N2O2S.ClH/c1-5-11(2)13-6-8-14(9-7-13)19(17,18)16-10-12(3)15-4;/h6-9,11-12,15-16H,5,10H2,1-4H3;1H. The minimum absolute atomic E-state index is 0. The molecule has 0 aliphatic heterocycles. The zero-order chi connectivity index (χ0) is 14.5. The van der Waals surface area contributed by atoms with Gasteiger partial charge in [-0.25, -0.2) is 13.1 Å². The number of hydrogen-bond donors (Lipinski definition) is 2. The lowest BCUT2D eigenvalue weighted by molar-refractivity contribution is 0.554. The molecule has 0 aromatic heterocycles. The van der Waals surface area contributed by atoms with E-state index in [4.69, 9.17) is 0 Å². The maximum atomic E-state index is 12.1. The molecule has 0 radical (unpaired) electrons. The van der Waals surface area contributed by atoms with Gasteiger partial charge in [-0.05, 0) is 44.0 Å². The van der Waals surface area contributed by atoms with Gasteiger partial charge >= 0.3 is 0 Å². The summed E-state index contributed by atoms with van der Waals surface area (Å²) in [6.45, 7) is 6.56. The third-order valence-electron chi connectivity index (χ3n) is 3.44. The van der Waals surface area contributed by atoms with Crippen LogP contribution in [-0.2, 0) is 10.0 Å². The van der Waals surface area contributed by atoms with Crippen molar-refractivity contribution in [3.63, 3.8) is 0 Å². The monoisotopic (exact) mass is 320 g/mol. The molecular weight excluding hydrogens is 296 g/mol. The van der Waals surface area contributed by atoms with E-state index in [1.165, 1.54) is 5.56 Å². The van der Waals surface area contributed by atoms with Gasteiger partial charge in [0.1, 0.15) is 0 Å². The number of sulfonamides is 1. The molecule has 1 aromatic rings. The molecule has 2 atom stereocenters. The van der Waals surface area contributed by atoms with Gasteiger partial charge in [0.15, 0.2) is 0 Å². The van der Waals surface area contributed by atoms with Gasteiger partial charge in [-0.3, -0.25) is 0 Å². The minimum Gasteiger partial charge on any atom is -0.316 e. The van der Waals surface area contributed by atoms with Crippen molar-refractivity contribution in [2.75, 3.05) is 13.6 Å². The van der Waals surface area contributed by atoms with Crippen LogP contribution in [0.15, 0.2) is 29.2 Å². The highest BCUT2D eigenvalue weighted by atomic mass is 35.5. The second-order valence-electron chi connectivity index (χ2n) is 4.92. The summed E-state index contributed by atoms with van der Waals surface area (Å²) in [5, 5.41) is 2.99. The SMILES string of the molecule is CCC(C)c1ccc(S(=O)(=O)NCC(C)NC)cc1.Cl. The number of benzene rings is 1. The van der Waals surface area contributed by atoms with Crippen LogP contribution in [0.3, 0.4) is 0 Å². The lowest BCUT2D eigenvalue weighted by Crippen LogP contribution is -2.37. The first-order valence-corrected chi connectivity index (χ1v) is 8.16. The lowest BCUT2D eigenvalue weighted by atomic mass is 9.99. The Morgan fingerprint density at radius 1 is 1.15 bits per heavy atom. The minimum atomic E-state index is -3.40. The summed E-state index contributed by atoms with van der Waals surface area (Å²) in [6, 6.07) is 7.24. The highest BCUT2D eigenvalue weighted by molar-refractivity contribution is 7.89. The molecule has 0 amide bonds. The molecule has 0 aliphatic carbocycles. The van der Waals surface area contributed by atoms with Crippen molar-refractivity contribution in [3.05, 3.63) is 29.8 Å². The van der Waals surface area contributed by atoms with E-state index in [1.54, 1.807) is 19.2 Å². The lowest BCUT2D eigenvalue weighted by Gasteiger charge is -2.13. The molecule has 6 heteroatoms. The molecule has 0 aliphatic rings. The largest absolute Gasteiger partial charge is 0.316 e. The van der Waals surface area contributed by atoms with Crippen LogP contribution in [0.2, 0.25) is 0 Å². The molecule has 0 bridgehead atoms. The van der Waals surface area contributed by atoms with Crippen LogP contribution in [0.5, 0.6) is 0 Å². The Labute approximate surface area is 128 Å². The molecule has 0 saturated carbocycles. The fourth-order valence-electron chi connectivity index (χ4n) is 1.63.